The summed E-state index contributed by atoms with van der Waals surface area (Å²) < 4.78 is 0. The first-order valence-electron chi connectivity index (χ1n) is 6.70. The number of allylic oxidation sites excluding steroid dienone is 1. The van der Waals surface area contributed by atoms with Crippen LogP contribution in [0.2, 0.25) is 0 Å². The van der Waals surface area contributed by atoms with E-state index in [0.717, 1.165) is 24.1 Å². The van der Waals surface area contributed by atoms with E-state index in [1.807, 2.05) is 24.4 Å². The predicted octanol–water partition coefficient (Wildman–Crippen LogP) is 1.92. The Morgan fingerprint density at radius 3 is 2.57 bits per heavy atom. The highest BCUT2D eigenvalue weighted by Gasteiger charge is 2.16. The van der Waals surface area contributed by atoms with Crippen molar-refractivity contribution in [2.75, 3.05) is 0 Å². The van der Waals surface area contributed by atoms with E-state index in [9.17, 15) is 0 Å². The zero-order valence-electron chi connectivity index (χ0n) is 12.0. The summed E-state index contributed by atoms with van der Waals surface area (Å²) in [7, 11) is 0. The van der Waals surface area contributed by atoms with Crippen LogP contribution in [0.4, 0.5) is 0 Å². The van der Waals surface area contributed by atoms with E-state index in [0.29, 0.717) is 0 Å². The Morgan fingerprint density at radius 2 is 2.00 bits per heavy atom. The van der Waals surface area contributed by atoms with Gasteiger partial charge in [0.2, 0.25) is 0 Å². The highest BCUT2D eigenvalue weighted by Crippen LogP contribution is 2.33. The molecule has 2 aromatic rings. The van der Waals surface area contributed by atoms with Crippen LogP contribution in [-0.4, -0.2) is 32.1 Å². The Bertz CT molecular complexity index is 789. The highest BCUT2D eigenvalue weighted by molar-refractivity contribution is 6.27. The summed E-state index contributed by atoms with van der Waals surface area (Å²) >= 11 is 0. The van der Waals surface area contributed by atoms with Gasteiger partial charge in [-0.1, -0.05) is 6.07 Å². The number of nitrogens with zero attached hydrogens (tertiary/aromatic N) is 2. The third-order valence-corrected chi connectivity index (χ3v) is 3.28. The molecule has 0 radical (unpaired) electrons. The minimum atomic E-state index is -1.82. The fourth-order valence-corrected chi connectivity index (χ4v) is 2.27. The highest BCUT2D eigenvalue weighted by atomic mass is 16.4. The lowest BCUT2D eigenvalue weighted by molar-refractivity contribution is -0.159. The zero-order valence-corrected chi connectivity index (χ0v) is 12.0. The van der Waals surface area contributed by atoms with Crippen molar-refractivity contribution < 1.29 is 19.8 Å². The van der Waals surface area contributed by atoms with Gasteiger partial charge in [0, 0.05) is 0 Å². The van der Waals surface area contributed by atoms with Gasteiger partial charge in [0.05, 0.1) is 29.9 Å². The number of carboxylic acid groups (broad SMARTS) is 2. The van der Waals surface area contributed by atoms with Crippen molar-refractivity contribution in [2.24, 2.45) is 0 Å². The third-order valence-electron chi connectivity index (χ3n) is 3.28. The van der Waals surface area contributed by atoms with Crippen molar-refractivity contribution in [2.45, 2.75) is 12.8 Å². The van der Waals surface area contributed by atoms with Gasteiger partial charge in [-0.05, 0) is 47.8 Å². The van der Waals surface area contributed by atoms with Gasteiger partial charge in [0.15, 0.2) is 0 Å². The molecule has 0 atom stereocenters. The van der Waals surface area contributed by atoms with Crippen LogP contribution in [0.15, 0.2) is 30.7 Å². The number of hydrogen-bond donors (Lipinski definition) is 3. The molecule has 0 bridgehead atoms. The lowest BCUT2D eigenvalue weighted by Crippen LogP contribution is -2.09. The molecule has 1 aliphatic carbocycles. The Kier molecular flexibility index (Phi) is 4.89. The summed E-state index contributed by atoms with van der Waals surface area (Å²) in [4.78, 5) is 25.3. The molecule has 1 aromatic heterocycles. The van der Waals surface area contributed by atoms with Crippen LogP contribution in [0.3, 0.4) is 0 Å². The van der Waals surface area contributed by atoms with Crippen molar-refractivity contribution in [3.63, 3.8) is 0 Å². The van der Waals surface area contributed by atoms with E-state index in [1.165, 1.54) is 16.7 Å². The minimum Gasteiger partial charge on any atom is -0.473 e. The van der Waals surface area contributed by atoms with Crippen LogP contribution in [0.25, 0.3) is 11.6 Å². The second-order valence-electron chi connectivity index (χ2n) is 4.77. The molecule has 3 N–H and O–H groups in total. The number of fused-ring (bicyclic) bond motifs is 1. The number of aliphatic carboxylic acids is 2. The van der Waals surface area contributed by atoms with Crippen molar-refractivity contribution in [1.29, 1.82) is 5.26 Å². The normalized spacial score (nSPS) is 13.6. The summed E-state index contributed by atoms with van der Waals surface area (Å²) in [5.41, 5.74) is 5.62. The molecule has 1 heterocycles. The average molecular weight is 311 g/mol. The number of imidazole rings is 1. The quantitative estimate of drug-likeness (QED) is 0.690. The molecule has 0 spiro atoms. The molecule has 116 valence electrons. The van der Waals surface area contributed by atoms with Crippen LogP contribution in [0.5, 0.6) is 0 Å². The van der Waals surface area contributed by atoms with Gasteiger partial charge in [-0.2, -0.15) is 5.26 Å². The van der Waals surface area contributed by atoms with Gasteiger partial charge in [-0.25, -0.2) is 14.6 Å². The maximum atomic E-state index is 9.10. The molecule has 0 fully saturated rings. The first-order valence-corrected chi connectivity index (χ1v) is 6.70. The number of aromatic amines is 1. The van der Waals surface area contributed by atoms with Gasteiger partial charge in [-0.3, -0.25) is 0 Å². The first kappa shape index (κ1) is 16.0. The van der Waals surface area contributed by atoms with E-state index >= 15 is 0 Å². The van der Waals surface area contributed by atoms with Crippen LogP contribution in [0, 0.1) is 11.3 Å². The Labute approximate surface area is 131 Å². The third kappa shape index (κ3) is 4.04. The molecule has 3 rings (SSSR count). The average Bonchev–Trinajstić information content (AvgIpc) is 3.18. The van der Waals surface area contributed by atoms with E-state index < -0.39 is 11.9 Å². The number of aryl methyl sites for hydroxylation is 1. The van der Waals surface area contributed by atoms with E-state index in [1.54, 1.807) is 6.33 Å². The largest absolute Gasteiger partial charge is 0.473 e. The molecule has 23 heavy (non-hydrogen) atoms. The van der Waals surface area contributed by atoms with Crippen LogP contribution in [-0.2, 0) is 16.0 Å². The van der Waals surface area contributed by atoms with Gasteiger partial charge in [-0.15, -0.1) is 0 Å². The Morgan fingerprint density at radius 1 is 1.26 bits per heavy atom. The first-order chi connectivity index (χ1) is 11.0. The minimum absolute atomic E-state index is 0.742. The molecule has 7 nitrogen and oxygen atoms in total. The molecule has 1 aromatic carbocycles. The molecule has 0 saturated heterocycles. The van der Waals surface area contributed by atoms with Gasteiger partial charge in [0.1, 0.15) is 0 Å². The van der Waals surface area contributed by atoms with Crippen molar-refractivity contribution >= 4 is 23.6 Å². The van der Waals surface area contributed by atoms with E-state index in [-0.39, 0.29) is 0 Å². The second-order valence-corrected chi connectivity index (χ2v) is 4.77. The molecule has 0 aliphatic heterocycles. The van der Waals surface area contributed by atoms with Gasteiger partial charge >= 0.3 is 11.9 Å². The number of carboxylic acids is 2. The number of hydrogen-bond acceptors (Lipinski definition) is 4. The molecule has 0 amide bonds. The maximum absolute atomic E-state index is 9.10. The maximum Gasteiger partial charge on any atom is 0.414 e. The molecular formula is C16H13N3O4. The summed E-state index contributed by atoms with van der Waals surface area (Å²) in [5.74, 6) is -3.65. The predicted molar refractivity (Wildman–Crippen MR) is 81.2 cm³/mol. The number of carbonyl (C=O) groups is 2. The molecule has 0 saturated carbocycles. The summed E-state index contributed by atoms with van der Waals surface area (Å²) in [6, 6.07) is 8.10. The van der Waals surface area contributed by atoms with Crippen LogP contribution < -0.4 is 0 Å². The second kappa shape index (κ2) is 7.04. The molecular weight excluding hydrogens is 298 g/mol. The Balaban J connectivity index is 0.000000277. The van der Waals surface area contributed by atoms with Crippen molar-refractivity contribution in [1.82, 2.24) is 9.97 Å². The topological polar surface area (TPSA) is 127 Å². The summed E-state index contributed by atoms with van der Waals surface area (Å²) in [6.07, 6.45) is 7.68. The lowest BCUT2D eigenvalue weighted by atomic mass is 10.0. The molecule has 7 heteroatoms. The standard InChI is InChI=1S/C14H11N3.C2H2O4/c15-7-10-1-4-14-11(5-10)2-3-12(14)6-13-8-16-9-17-13;3-1(4)2(5)6/h1,4-6,8-9H,2-3H2,(H,16,17);(H,3,4)(H,5,6)/b12-6+;. The van der Waals surface area contributed by atoms with E-state index in [4.69, 9.17) is 25.1 Å². The number of nitriles is 1. The van der Waals surface area contributed by atoms with Gasteiger partial charge < -0.3 is 15.2 Å². The fourth-order valence-electron chi connectivity index (χ4n) is 2.27. The molecule has 1 aliphatic rings. The lowest BCUT2D eigenvalue weighted by Gasteiger charge is -2.00. The SMILES string of the molecule is N#Cc1ccc2c(c1)CC/C2=C\c1cnc[nH]1.O=C(O)C(=O)O. The smallest absolute Gasteiger partial charge is 0.414 e. The number of rotatable bonds is 1. The molecule has 0 unspecified atom stereocenters. The van der Waals surface area contributed by atoms with Crippen LogP contribution >= 0.6 is 0 Å². The fraction of sp³-hybridized carbons (Fsp3) is 0.125. The Hall–Kier alpha value is -3.40. The van der Waals surface area contributed by atoms with Crippen molar-refractivity contribution in [3.05, 3.63) is 53.1 Å². The number of benzene rings is 1. The number of H-pyrrole nitrogens is 1. The number of aromatic nitrogens is 2. The van der Waals surface area contributed by atoms with Gasteiger partial charge in [0.25, 0.3) is 0 Å². The van der Waals surface area contributed by atoms with Crippen molar-refractivity contribution in [3.8, 4) is 6.07 Å². The summed E-state index contributed by atoms with van der Waals surface area (Å²) in [6.45, 7) is 0. The van der Waals surface area contributed by atoms with Crippen LogP contribution in [0.1, 0.15) is 28.8 Å². The van der Waals surface area contributed by atoms with E-state index in [2.05, 4.69) is 22.1 Å². The number of nitrogens with one attached hydrogen (secondary N) is 1. The zero-order chi connectivity index (χ0) is 16.8. The monoisotopic (exact) mass is 311 g/mol. The summed E-state index contributed by atoms with van der Waals surface area (Å²) in [5, 5.41) is 23.6.